The van der Waals surface area contributed by atoms with E-state index in [2.05, 4.69) is 15.1 Å². The minimum atomic E-state index is 0.557. The summed E-state index contributed by atoms with van der Waals surface area (Å²) < 4.78 is 1.63. The van der Waals surface area contributed by atoms with Crippen LogP contribution in [0.4, 0.5) is 0 Å². The number of carbonyl (C=O) groups excluding carboxylic acids is 1. The van der Waals surface area contributed by atoms with Gasteiger partial charge in [-0.1, -0.05) is 6.07 Å². The number of hydrogen-bond donors (Lipinski definition) is 0. The lowest BCUT2D eigenvalue weighted by atomic mass is 10.2. The molecule has 0 N–H and O–H groups in total. The largest absolute Gasteiger partial charge is 0.298 e. The second-order valence-corrected chi connectivity index (χ2v) is 5.34. The summed E-state index contributed by atoms with van der Waals surface area (Å²) in [5.74, 6) is 1.35. The molecular formula is C14H12N4OS. The molecule has 0 radical (unpaired) electrons. The SMILES string of the molecule is Cc1cc(-n2cc(C=O)c(-c3cccs3)n2)nc(C)n1. The number of rotatable bonds is 3. The third-order valence-electron chi connectivity index (χ3n) is 2.81. The molecule has 0 fully saturated rings. The highest BCUT2D eigenvalue weighted by molar-refractivity contribution is 7.13. The van der Waals surface area contributed by atoms with E-state index in [9.17, 15) is 4.79 Å². The molecule has 0 saturated carbocycles. The van der Waals surface area contributed by atoms with Gasteiger partial charge in [0, 0.05) is 18.0 Å². The van der Waals surface area contributed by atoms with Crippen molar-refractivity contribution >= 4 is 17.6 Å². The molecule has 0 aliphatic carbocycles. The van der Waals surface area contributed by atoms with Crippen LogP contribution in [0.15, 0.2) is 29.8 Å². The highest BCUT2D eigenvalue weighted by Crippen LogP contribution is 2.26. The molecule has 0 aliphatic heterocycles. The normalized spacial score (nSPS) is 10.7. The number of aryl methyl sites for hydroxylation is 2. The van der Waals surface area contributed by atoms with Crippen molar-refractivity contribution in [3.63, 3.8) is 0 Å². The van der Waals surface area contributed by atoms with Crippen molar-refractivity contribution in [2.45, 2.75) is 13.8 Å². The summed E-state index contributed by atoms with van der Waals surface area (Å²) in [7, 11) is 0. The minimum absolute atomic E-state index is 0.557. The quantitative estimate of drug-likeness (QED) is 0.694. The average molecular weight is 284 g/mol. The van der Waals surface area contributed by atoms with E-state index >= 15 is 0 Å². The molecule has 5 nitrogen and oxygen atoms in total. The first kappa shape index (κ1) is 12.7. The summed E-state index contributed by atoms with van der Waals surface area (Å²) >= 11 is 1.55. The fourth-order valence-electron chi connectivity index (χ4n) is 2.01. The maximum absolute atomic E-state index is 11.2. The first-order valence-electron chi connectivity index (χ1n) is 6.09. The molecule has 0 aromatic carbocycles. The van der Waals surface area contributed by atoms with E-state index < -0.39 is 0 Å². The highest BCUT2D eigenvalue weighted by Gasteiger charge is 2.13. The molecule has 100 valence electrons. The van der Waals surface area contributed by atoms with Crippen LogP contribution >= 0.6 is 11.3 Å². The Morgan fingerprint density at radius 2 is 2.15 bits per heavy atom. The van der Waals surface area contributed by atoms with Gasteiger partial charge in [0.15, 0.2) is 12.1 Å². The zero-order valence-electron chi connectivity index (χ0n) is 11.1. The molecule has 6 heteroatoms. The molecule has 0 spiro atoms. The van der Waals surface area contributed by atoms with Crippen molar-refractivity contribution in [2.75, 3.05) is 0 Å². The molecule has 3 rings (SSSR count). The second kappa shape index (κ2) is 4.97. The van der Waals surface area contributed by atoms with E-state index in [0.29, 0.717) is 22.9 Å². The van der Waals surface area contributed by atoms with Gasteiger partial charge >= 0.3 is 0 Å². The Kier molecular flexibility index (Phi) is 3.15. The summed E-state index contributed by atoms with van der Waals surface area (Å²) in [5, 5.41) is 6.44. The minimum Gasteiger partial charge on any atom is -0.298 e. The summed E-state index contributed by atoms with van der Waals surface area (Å²) in [6, 6.07) is 5.72. The third-order valence-corrected chi connectivity index (χ3v) is 3.69. The van der Waals surface area contributed by atoms with Crippen molar-refractivity contribution in [2.24, 2.45) is 0 Å². The second-order valence-electron chi connectivity index (χ2n) is 4.39. The smallest absolute Gasteiger partial charge is 0.157 e. The monoisotopic (exact) mass is 284 g/mol. The van der Waals surface area contributed by atoms with Gasteiger partial charge in [0.05, 0.1) is 10.4 Å². The van der Waals surface area contributed by atoms with E-state index in [1.807, 2.05) is 37.4 Å². The average Bonchev–Trinajstić information content (AvgIpc) is 3.06. The summed E-state index contributed by atoms with van der Waals surface area (Å²) in [4.78, 5) is 20.8. The molecule has 0 bridgehead atoms. The molecule has 0 atom stereocenters. The van der Waals surface area contributed by atoms with Crippen molar-refractivity contribution in [1.82, 2.24) is 19.7 Å². The number of thiophene rings is 1. The van der Waals surface area contributed by atoms with Crippen LogP contribution in [-0.4, -0.2) is 26.0 Å². The maximum Gasteiger partial charge on any atom is 0.157 e. The fourth-order valence-corrected chi connectivity index (χ4v) is 2.74. The number of carbonyl (C=O) groups is 1. The van der Waals surface area contributed by atoms with Crippen LogP contribution in [0.3, 0.4) is 0 Å². The van der Waals surface area contributed by atoms with Gasteiger partial charge < -0.3 is 0 Å². The first-order chi connectivity index (χ1) is 9.67. The zero-order valence-corrected chi connectivity index (χ0v) is 11.9. The van der Waals surface area contributed by atoms with Crippen LogP contribution in [0, 0.1) is 13.8 Å². The van der Waals surface area contributed by atoms with Crippen LogP contribution in [-0.2, 0) is 0 Å². The van der Waals surface area contributed by atoms with Gasteiger partial charge in [-0.15, -0.1) is 11.3 Å². The van der Waals surface area contributed by atoms with E-state index in [0.717, 1.165) is 16.9 Å². The van der Waals surface area contributed by atoms with Gasteiger partial charge in [-0.3, -0.25) is 4.79 Å². The Morgan fingerprint density at radius 3 is 2.80 bits per heavy atom. The number of aromatic nitrogens is 4. The lowest BCUT2D eigenvalue weighted by Crippen LogP contribution is -2.02. The van der Waals surface area contributed by atoms with Gasteiger partial charge in [0.25, 0.3) is 0 Å². The number of nitrogens with zero attached hydrogens (tertiary/aromatic N) is 4. The molecule has 0 saturated heterocycles. The Morgan fingerprint density at radius 1 is 1.30 bits per heavy atom. The summed E-state index contributed by atoms with van der Waals surface area (Å²) in [5.41, 5.74) is 2.11. The Balaban J connectivity index is 2.14. The van der Waals surface area contributed by atoms with Crippen LogP contribution in [0.5, 0.6) is 0 Å². The highest BCUT2D eigenvalue weighted by atomic mass is 32.1. The Hall–Kier alpha value is -2.34. The molecule has 0 aliphatic rings. The molecule has 0 unspecified atom stereocenters. The van der Waals surface area contributed by atoms with Gasteiger partial charge in [0.2, 0.25) is 0 Å². The van der Waals surface area contributed by atoms with E-state index in [-0.39, 0.29) is 0 Å². The van der Waals surface area contributed by atoms with Gasteiger partial charge in [-0.2, -0.15) is 5.10 Å². The molecule has 0 amide bonds. The van der Waals surface area contributed by atoms with Crippen LogP contribution in [0.1, 0.15) is 21.9 Å². The fraction of sp³-hybridized carbons (Fsp3) is 0.143. The molecule has 20 heavy (non-hydrogen) atoms. The summed E-state index contributed by atoms with van der Waals surface area (Å²) in [6.07, 6.45) is 2.52. The van der Waals surface area contributed by atoms with Crippen molar-refractivity contribution in [3.8, 4) is 16.4 Å². The van der Waals surface area contributed by atoms with Gasteiger partial charge in [0.1, 0.15) is 11.5 Å². The van der Waals surface area contributed by atoms with E-state index in [1.54, 1.807) is 22.2 Å². The lowest BCUT2D eigenvalue weighted by Gasteiger charge is -2.02. The third kappa shape index (κ3) is 2.25. The van der Waals surface area contributed by atoms with Gasteiger partial charge in [-0.05, 0) is 25.3 Å². The summed E-state index contributed by atoms with van der Waals surface area (Å²) in [6.45, 7) is 3.74. The zero-order chi connectivity index (χ0) is 14.1. The Labute approximate surface area is 119 Å². The number of hydrogen-bond acceptors (Lipinski definition) is 5. The van der Waals surface area contributed by atoms with Gasteiger partial charge in [-0.25, -0.2) is 14.6 Å². The predicted molar refractivity (Wildman–Crippen MR) is 77.3 cm³/mol. The van der Waals surface area contributed by atoms with Crippen molar-refractivity contribution in [1.29, 1.82) is 0 Å². The molecule has 3 aromatic rings. The maximum atomic E-state index is 11.2. The number of aldehydes is 1. The molecular weight excluding hydrogens is 272 g/mol. The topological polar surface area (TPSA) is 60.7 Å². The van der Waals surface area contributed by atoms with E-state index in [1.165, 1.54) is 0 Å². The molecule has 3 heterocycles. The standard InChI is InChI=1S/C14H12N4OS/c1-9-6-13(16-10(2)15-9)18-7-11(8-19)14(17-18)12-4-3-5-20-12/h3-8H,1-2H3. The van der Waals surface area contributed by atoms with Crippen LogP contribution < -0.4 is 0 Å². The van der Waals surface area contributed by atoms with Crippen molar-refractivity contribution < 1.29 is 4.79 Å². The lowest BCUT2D eigenvalue weighted by molar-refractivity contribution is 0.112. The van der Waals surface area contributed by atoms with E-state index in [4.69, 9.17) is 0 Å². The van der Waals surface area contributed by atoms with Crippen LogP contribution in [0.2, 0.25) is 0 Å². The Bertz CT molecular complexity index is 741. The predicted octanol–water partition coefficient (Wildman–Crippen LogP) is 2.82. The van der Waals surface area contributed by atoms with Crippen LogP contribution in [0.25, 0.3) is 16.4 Å². The molecule has 3 aromatic heterocycles. The first-order valence-corrected chi connectivity index (χ1v) is 6.97. The van der Waals surface area contributed by atoms with Crippen molar-refractivity contribution in [3.05, 3.63) is 46.9 Å².